The van der Waals surface area contributed by atoms with Gasteiger partial charge in [-0.15, -0.1) is 0 Å². The summed E-state index contributed by atoms with van der Waals surface area (Å²) in [6.07, 6.45) is 2.62. The summed E-state index contributed by atoms with van der Waals surface area (Å²) >= 11 is 0. The molecule has 3 heteroatoms. The first-order valence-corrected chi connectivity index (χ1v) is 7.18. The van der Waals surface area contributed by atoms with Crippen LogP contribution in [0.3, 0.4) is 0 Å². The van der Waals surface area contributed by atoms with Gasteiger partial charge in [-0.3, -0.25) is 0 Å². The molecular formula is C16H26O3. The second kappa shape index (κ2) is 8.18. The van der Waals surface area contributed by atoms with Gasteiger partial charge in [-0.1, -0.05) is 39.0 Å². The van der Waals surface area contributed by atoms with E-state index in [2.05, 4.69) is 20.8 Å². The fraction of sp³-hybridized carbons (Fsp3) is 0.625. The van der Waals surface area contributed by atoms with Gasteiger partial charge in [0, 0.05) is 0 Å². The highest BCUT2D eigenvalue weighted by atomic mass is 16.6. The number of benzene rings is 1. The molecule has 0 bridgehead atoms. The van der Waals surface area contributed by atoms with Crippen molar-refractivity contribution in [2.45, 2.75) is 51.7 Å². The first-order chi connectivity index (χ1) is 9.22. The fourth-order valence-electron chi connectivity index (χ4n) is 2.48. The normalized spacial score (nSPS) is 13.3. The summed E-state index contributed by atoms with van der Waals surface area (Å²) in [5.74, 6) is 0.872. The van der Waals surface area contributed by atoms with Gasteiger partial charge in [0.2, 0.25) is 0 Å². The van der Waals surface area contributed by atoms with Gasteiger partial charge in [-0.05, 0) is 31.4 Å². The topological polar surface area (TPSA) is 38.7 Å². The van der Waals surface area contributed by atoms with E-state index < -0.39 is 0 Å². The lowest BCUT2D eigenvalue weighted by Gasteiger charge is -2.39. The Bertz CT molecular complexity index is 333. The van der Waals surface area contributed by atoms with Crippen LogP contribution in [0.25, 0.3) is 0 Å². The van der Waals surface area contributed by atoms with E-state index in [4.69, 9.17) is 14.6 Å². The van der Waals surface area contributed by atoms with Gasteiger partial charge in [0.25, 0.3) is 0 Å². The Morgan fingerprint density at radius 1 is 1.11 bits per heavy atom. The molecule has 0 aliphatic carbocycles. The Hall–Kier alpha value is -1.06. The monoisotopic (exact) mass is 266 g/mol. The van der Waals surface area contributed by atoms with E-state index in [1.807, 2.05) is 30.3 Å². The molecule has 1 aromatic rings. The highest BCUT2D eigenvalue weighted by molar-refractivity contribution is 5.22. The molecule has 0 spiro atoms. The number of para-hydroxylation sites is 1. The molecule has 3 nitrogen and oxygen atoms in total. The third kappa shape index (κ3) is 4.22. The number of aliphatic hydroxyl groups is 1. The zero-order chi connectivity index (χ0) is 14.1. The van der Waals surface area contributed by atoms with E-state index in [1.165, 1.54) is 0 Å². The van der Waals surface area contributed by atoms with Crippen molar-refractivity contribution >= 4 is 0 Å². The van der Waals surface area contributed by atoms with Crippen molar-refractivity contribution in [3.63, 3.8) is 0 Å². The molecule has 0 heterocycles. The van der Waals surface area contributed by atoms with Crippen molar-refractivity contribution in [2.24, 2.45) is 0 Å². The Balaban J connectivity index is 2.87. The molecule has 0 saturated carbocycles. The van der Waals surface area contributed by atoms with Gasteiger partial charge < -0.3 is 14.6 Å². The van der Waals surface area contributed by atoms with Crippen LogP contribution >= 0.6 is 0 Å². The predicted molar refractivity (Wildman–Crippen MR) is 77.5 cm³/mol. The van der Waals surface area contributed by atoms with Crippen molar-refractivity contribution in [2.75, 3.05) is 13.2 Å². The summed E-state index contributed by atoms with van der Waals surface area (Å²) in [7, 11) is 0. The summed E-state index contributed by atoms with van der Waals surface area (Å²) in [5.41, 5.74) is -0.328. The van der Waals surface area contributed by atoms with Gasteiger partial charge in [0.15, 0.2) is 0 Å². The molecule has 0 saturated heterocycles. The average Bonchev–Trinajstić information content (AvgIpc) is 2.47. The second-order valence-electron chi connectivity index (χ2n) is 4.68. The summed E-state index contributed by atoms with van der Waals surface area (Å²) in [6, 6.07) is 9.87. The highest BCUT2D eigenvalue weighted by Crippen LogP contribution is 2.31. The lowest BCUT2D eigenvalue weighted by atomic mass is 9.88. The molecule has 0 radical (unpaired) electrons. The molecule has 0 fully saturated rings. The first kappa shape index (κ1) is 16.0. The van der Waals surface area contributed by atoms with E-state index in [0.29, 0.717) is 6.61 Å². The number of hydrogen-bond acceptors (Lipinski definition) is 3. The second-order valence-corrected chi connectivity index (χ2v) is 4.68. The number of aliphatic hydroxyl groups excluding tert-OH is 1. The molecule has 0 aliphatic heterocycles. The zero-order valence-corrected chi connectivity index (χ0v) is 12.3. The maximum atomic E-state index is 8.95. The maximum Gasteiger partial charge on any atom is 0.134 e. The van der Waals surface area contributed by atoms with Gasteiger partial charge in [0.1, 0.15) is 11.4 Å². The van der Waals surface area contributed by atoms with Gasteiger partial charge in [-0.2, -0.15) is 0 Å². The van der Waals surface area contributed by atoms with E-state index in [9.17, 15) is 0 Å². The molecule has 0 aromatic heterocycles. The Morgan fingerprint density at radius 2 is 1.74 bits per heavy atom. The molecule has 0 amide bonds. The minimum absolute atomic E-state index is 0.00476. The molecule has 1 atom stereocenters. The van der Waals surface area contributed by atoms with Gasteiger partial charge >= 0.3 is 0 Å². The molecule has 1 rings (SSSR count). The maximum absolute atomic E-state index is 8.95. The van der Waals surface area contributed by atoms with Crippen LogP contribution in [0.1, 0.15) is 40.0 Å². The van der Waals surface area contributed by atoms with Crippen molar-refractivity contribution in [1.82, 2.24) is 0 Å². The molecule has 1 aromatic carbocycles. The first-order valence-electron chi connectivity index (χ1n) is 7.18. The SMILES string of the molecule is CCC(OCCO)C(CC)(CC)Oc1ccccc1. The third-order valence-electron chi connectivity index (χ3n) is 3.63. The van der Waals surface area contributed by atoms with Crippen LogP contribution in [0.2, 0.25) is 0 Å². The molecule has 19 heavy (non-hydrogen) atoms. The number of ether oxygens (including phenoxy) is 2. The minimum atomic E-state index is -0.328. The standard InChI is InChI=1S/C16H26O3/c1-4-15(18-13-12-17)16(5-2,6-3)19-14-10-8-7-9-11-14/h7-11,15,17H,4-6,12-13H2,1-3H3. The summed E-state index contributed by atoms with van der Waals surface area (Å²) in [4.78, 5) is 0. The molecular weight excluding hydrogens is 240 g/mol. The van der Waals surface area contributed by atoms with Crippen LogP contribution < -0.4 is 4.74 Å². The number of rotatable bonds is 9. The average molecular weight is 266 g/mol. The summed E-state index contributed by atoms with van der Waals surface area (Å²) < 4.78 is 12.0. The third-order valence-corrected chi connectivity index (χ3v) is 3.63. The van der Waals surface area contributed by atoms with Crippen LogP contribution in [0.4, 0.5) is 0 Å². The smallest absolute Gasteiger partial charge is 0.134 e. The molecule has 1 unspecified atom stereocenters. The summed E-state index contributed by atoms with van der Waals surface area (Å²) in [6.45, 7) is 6.75. The van der Waals surface area contributed by atoms with Crippen LogP contribution in [0.5, 0.6) is 5.75 Å². The Morgan fingerprint density at radius 3 is 2.21 bits per heavy atom. The van der Waals surface area contributed by atoms with E-state index in [0.717, 1.165) is 25.0 Å². The largest absolute Gasteiger partial charge is 0.485 e. The van der Waals surface area contributed by atoms with Gasteiger partial charge in [0.05, 0.1) is 19.3 Å². The van der Waals surface area contributed by atoms with Crippen LogP contribution in [-0.4, -0.2) is 30.0 Å². The molecule has 0 aliphatic rings. The minimum Gasteiger partial charge on any atom is -0.485 e. The quantitative estimate of drug-likeness (QED) is 0.744. The number of hydrogen-bond donors (Lipinski definition) is 1. The zero-order valence-electron chi connectivity index (χ0n) is 12.3. The van der Waals surface area contributed by atoms with E-state index in [-0.39, 0.29) is 18.3 Å². The lowest BCUT2D eigenvalue weighted by Crippen LogP contribution is -2.48. The predicted octanol–water partition coefficient (Wildman–Crippen LogP) is 3.41. The van der Waals surface area contributed by atoms with E-state index >= 15 is 0 Å². The van der Waals surface area contributed by atoms with Crippen molar-refractivity contribution in [1.29, 1.82) is 0 Å². The highest BCUT2D eigenvalue weighted by Gasteiger charge is 2.37. The van der Waals surface area contributed by atoms with Crippen LogP contribution in [0, 0.1) is 0 Å². The van der Waals surface area contributed by atoms with Crippen molar-refractivity contribution in [3.05, 3.63) is 30.3 Å². The Kier molecular flexibility index (Phi) is 6.89. The molecule has 1 N–H and O–H groups in total. The summed E-state index contributed by atoms with van der Waals surface area (Å²) in [5, 5.41) is 8.95. The van der Waals surface area contributed by atoms with E-state index in [1.54, 1.807) is 0 Å². The van der Waals surface area contributed by atoms with Crippen molar-refractivity contribution in [3.8, 4) is 5.75 Å². The Labute approximate surface area is 116 Å². The van der Waals surface area contributed by atoms with Crippen molar-refractivity contribution < 1.29 is 14.6 Å². The lowest BCUT2D eigenvalue weighted by molar-refractivity contribution is -0.104. The van der Waals surface area contributed by atoms with Crippen LogP contribution in [-0.2, 0) is 4.74 Å². The van der Waals surface area contributed by atoms with Gasteiger partial charge in [-0.25, -0.2) is 0 Å². The fourth-order valence-corrected chi connectivity index (χ4v) is 2.48. The van der Waals surface area contributed by atoms with Crippen LogP contribution in [0.15, 0.2) is 30.3 Å². The molecule has 108 valence electrons.